The molecule has 0 bridgehead atoms. The van der Waals surface area contributed by atoms with Gasteiger partial charge in [-0.05, 0) is 44.2 Å². The minimum Gasteiger partial charge on any atom is -0.481 e. The fourth-order valence-electron chi connectivity index (χ4n) is 1.92. The lowest BCUT2D eigenvalue weighted by atomic mass is 10.2. The minimum absolute atomic E-state index is 0.130. The monoisotopic (exact) mass is 349 g/mol. The Morgan fingerprint density at radius 1 is 1.26 bits per heavy atom. The molecule has 0 heterocycles. The maximum absolute atomic E-state index is 12.0. The van der Waals surface area contributed by atoms with Gasteiger partial charge in [-0.2, -0.15) is 0 Å². The maximum atomic E-state index is 12.0. The molecular weight excluding hydrogens is 330 g/mol. The number of rotatable bonds is 7. The lowest BCUT2D eigenvalue weighted by Crippen LogP contribution is -2.37. The molecule has 1 atom stereocenters. The van der Waals surface area contributed by atoms with E-state index >= 15 is 0 Å². The largest absolute Gasteiger partial charge is 0.481 e. The number of benzene rings is 2. The third kappa shape index (κ3) is 6.16. The number of nitrogens with one attached hydrogen (secondary N) is 1. The van der Waals surface area contributed by atoms with E-state index in [0.717, 1.165) is 5.75 Å². The van der Waals surface area contributed by atoms with Crippen LogP contribution in [0, 0.1) is 6.92 Å². The molecular formula is C18H20ClNO2S. The minimum atomic E-state index is -0.558. The van der Waals surface area contributed by atoms with Gasteiger partial charge in [-0.1, -0.05) is 35.4 Å². The van der Waals surface area contributed by atoms with E-state index < -0.39 is 6.10 Å². The zero-order valence-electron chi connectivity index (χ0n) is 13.2. The second kappa shape index (κ2) is 8.85. The number of halogens is 1. The molecule has 2 rings (SSSR count). The van der Waals surface area contributed by atoms with E-state index in [9.17, 15) is 4.79 Å². The molecule has 0 unspecified atom stereocenters. The summed E-state index contributed by atoms with van der Waals surface area (Å²) in [5.74, 6) is 1.28. The van der Waals surface area contributed by atoms with Gasteiger partial charge in [0.1, 0.15) is 5.75 Å². The molecule has 122 valence electrons. The Balaban J connectivity index is 1.70. The van der Waals surface area contributed by atoms with Crippen LogP contribution in [0.3, 0.4) is 0 Å². The van der Waals surface area contributed by atoms with E-state index in [2.05, 4.69) is 36.5 Å². The Morgan fingerprint density at radius 3 is 2.70 bits per heavy atom. The quantitative estimate of drug-likeness (QED) is 0.597. The standard InChI is InChI=1S/C18H20ClNO2S/c1-13-6-8-17(9-7-13)23-11-10-20-18(21)14(2)22-16-5-3-4-15(19)12-16/h3-9,12,14H,10-11H2,1-2H3,(H,20,21)/t14-/m1/s1. The van der Waals surface area contributed by atoms with Crippen LogP contribution in [0.25, 0.3) is 0 Å². The van der Waals surface area contributed by atoms with Gasteiger partial charge in [-0.15, -0.1) is 11.8 Å². The molecule has 0 radical (unpaired) electrons. The molecule has 1 N–H and O–H groups in total. The van der Waals surface area contributed by atoms with Gasteiger partial charge in [0.05, 0.1) is 0 Å². The van der Waals surface area contributed by atoms with Crippen LogP contribution < -0.4 is 10.1 Å². The Morgan fingerprint density at radius 2 is 2.00 bits per heavy atom. The van der Waals surface area contributed by atoms with E-state index in [1.807, 2.05) is 0 Å². The highest BCUT2D eigenvalue weighted by atomic mass is 35.5. The maximum Gasteiger partial charge on any atom is 0.260 e. The molecule has 0 aromatic heterocycles. The van der Waals surface area contributed by atoms with Crippen molar-refractivity contribution in [2.45, 2.75) is 24.8 Å². The van der Waals surface area contributed by atoms with Crippen molar-refractivity contribution in [3.05, 3.63) is 59.1 Å². The molecule has 3 nitrogen and oxygen atoms in total. The van der Waals surface area contributed by atoms with Gasteiger partial charge in [0.2, 0.25) is 0 Å². The predicted octanol–water partition coefficient (Wildman–Crippen LogP) is 4.32. The first-order chi connectivity index (χ1) is 11.0. The van der Waals surface area contributed by atoms with Crippen LogP contribution in [0.2, 0.25) is 5.02 Å². The molecule has 0 saturated heterocycles. The first-order valence-electron chi connectivity index (χ1n) is 7.44. The first kappa shape index (κ1) is 17.7. The average molecular weight is 350 g/mol. The number of aryl methyl sites for hydroxylation is 1. The molecule has 0 saturated carbocycles. The van der Waals surface area contributed by atoms with Crippen LogP contribution >= 0.6 is 23.4 Å². The summed E-state index contributed by atoms with van der Waals surface area (Å²) in [5, 5.41) is 3.47. The molecule has 2 aromatic carbocycles. The second-order valence-electron chi connectivity index (χ2n) is 5.17. The van der Waals surface area contributed by atoms with Gasteiger partial charge in [0, 0.05) is 22.2 Å². The summed E-state index contributed by atoms with van der Waals surface area (Å²) >= 11 is 7.61. The SMILES string of the molecule is Cc1ccc(SCCNC(=O)[C@@H](C)Oc2cccc(Cl)c2)cc1. The van der Waals surface area contributed by atoms with Gasteiger partial charge in [0.15, 0.2) is 6.10 Å². The molecule has 23 heavy (non-hydrogen) atoms. The van der Waals surface area contributed by atoms with Crippen molar-refractivity contribution in [1.82, 2.24) is 5.32 Å². The van der Waals surface area contributed by atoms with Crippen molar-refractivity contribution in [2.75, 3.05) is 12.3 Å². The number of carbonyl (C=O) groups is 1. The zero-order valence-corrected chi connectivity index (χ0v) is 14.8. The molecule has 2 aromatic rings. The van der Waals surface area contributed by atoms with Crippen LogP contribution in [0.1, 0.15) is 12.5 Å². The van der Waals surface area contributed by atoms with Crippen molar-refractivity contribution in [3.63, 3.8) is 0 Å². The third-order valence-corrected chi connectivity index (χ3v) is 4.42. The van der Waals surface area contributed by atoms with E-state index in [0.29, 0.717) is 17.3 Å². The Hall–Kier alpha value is -1.65. The fraction of sp³-hybridized carbons (Fsp3) is 0.278. The van der Waals surface area contributed by atoms with Gasteiger partial charge < -0.3 is 10.1 Å². The van der Waals surface area contributed by atoms with Gasteiger partial charge in [-0.3, -0.25) is 4.79 Å². The number of hydrogen-bond acceptors (Lipinski definition) is 3. The first-order valence-corrected chi connectivity index (χ1v) is 8.80. The van der Waals surface area contributed by atoms with E-state index in [4.69, 9.17) is 16.3 Å². The summed E-state index contributed by atoms with van der Waals surface area (Å²) in [5.41, 5.74) is 1.25. The van der Waals surface area contributed by atoms with E-state index in [-0.39, 0.29) is 5.91 Å². The molecule has 0 aliphatic heterocycles. The highest BCUT2D eigenvalue weighted by Gasteiger charge is 2.14. The molecule has 1 amide bonds. The van der Waals surface area contributed by atoms with Gasteiger partial charge >= 0.3 is 0 Å². The predicted molar refractivity (Wildman–Crippen MR) is 96.5 cm³/mol. The molecule has 0 fully saturated rings. The van der Waals surface area contributed by atoms with Crippen LogP contribution in [-0.4, -0.2) is 24.3 Å². The summed E-state index contributed by atoms with van der Waals surface area (Å²) in [6, 6.07) is 15.4. The lowest BCUT2D eigenvalue weighted by Gasteiger charge is -2.14. The van der Waals surface area contributed by atoms with Crippen molar-refractivity contribution in [2.24, 2.45) is 0 Å². The number of amides is 1. The van der Waals surface area contributed by atoms with Crippen molar-refractivity contribution in [1.29, 1.82) is 0 Å². The highest BCUT2D eigenvalue weighted by Crippen LogP contribution is 2.19. The number of ether oxygens (including phenoxy) is 1. The fourth-order valence-corrected chi connectivity index (χ4v) is 2.87. The summed E-state index contributed by atoms with van der Waals surface area (Å²) < 4.78 is 5.58. The average Bonchev–Trinajstić information content (AvgIpc) is 2.53. The Kier molecular flexibility index (Phi) is 6.81. The zero-order chi connectivity index (χ0) is 16.7. The Labute approximate surface area is 146 Å². The Bertz CT molecular complexity index is 646. The van der Waals surface area contributed by atoms with Gasteiger partial charge in [-0.25, -0.2) is 0 Å². The van der Waals surface area contributed by atoms with Crippen molar-refractivity contribution < 1.29 is 9.53 Å². The topological polar surface area (TPSA) is 38.3 Å². The number of carbonyl (C=O) groups excluding carboxylic acids is 1. The molecule has 0 aliphatic rings. The molecule has 0 spiro atoms. The van der Waals surface area contributed by atoms with E-state index in [1.165, 1.54) is 10.5 Å². The number of hydrogen-bond donors (Lipinski definition) is 1. The third-order valence-electron chi connectivity index (χ3n) is 3.17. The van der Waals surface area contributed by atoms with Crippen LogP contribution in [0.4, 0.5) is 0 Å². The van der Waals surface area contributed by atoms with Crippen LogP contribution in [0.15, 0.2) is 53.4 Å². The summed E-state index contributed by atoms with van der Waals surface area (Å²) in [6.45, 7) is 4.39. The van der Waals surface area contributed by atoms with Crippen LogP contribution in [-0.2, 0) is 4.79 Å². The summed E-state index contributed by atoms with van der Waals surface area (Å²) in [7, 11) is 0. The summed E-state index contributed by atoms with van der Waals surface area (Å²) in [6.07, 6.45) is -0.558. The number of thioether (sulfide) groups is 1. The second-order valence-corrected chi connectivity index (χ2v) is 6.77. The lowest BCUT2D eigenvalue weighted by molar-refractivity contribution is -0.127. The van der Waals surface area contributed by atoms with Crippen molar-refractivity contribution in [3.8, 4) is 5.75 Å². The van der Waals surface area contributed by atoms with E-state index in [1.54, 1.807) is 43.0 Å². The molecule has 5 heteroatoms. The normalized spacial score (nSPS) is 11.8. The van der Waals surface area contributed by atoms with Crippen LogP contribution in [0.5, 0.6) is 5.75 Å². The molecule has 0 aliphatic carbocycles. The smallest absolute Gasteiger partial charge is 0.260 e. The summed E-state index contributed by atoms with van der Waals surface area (Å²) in [4.78, 5) is 13.2. The van der Waals surface area contributed by atoms with Gasteiger partial charge in [0.25, 0.3) is 5.91 Å². The highest BCUT2D eigenvalue weighted by molar-refractivity contribution is 7.99. The van der Waals surface area contributed by atoms with Crippen molar-refractivity contribution >= 4 is 29.3 Å².